The largest absolute Gasteiger partial charge is 0.395 e. The molecule has 98 valence electrons. The van der Waals surface area contributed by atoms with Gasteiger partial charge in [-0.25, -0.2) is 0 Å². The van der Waals surface area contributed by atoms with Crippen molar-refractivity contribution in [2.24, 2.45) is 0 Å². The van der Waals surface area contributed by atoms with Crippen LogP contribution >= 0.6 is 0 Å². The van der Waals surface area contributed by atoms with Crippen LogP contribution in [-0.2, 0) is 11.3 Å². The highest BCUT2D eigenvalue weighted by Gasteiger charge is 2.20. The average molecular weight is 249 g/mol. The molecule has 0 aliphatic carbocycles. The van der Waals surface area contributed by atoms with Gasteiger partial charge in [0.2, 0.25) is 5.91 Å². The zero-order valence-corrected chi connectivity index (χ0v) is 10.5. The van der Waals surface area contributed by atoms with E-state index in [1.807, 2.05) is 18.3 Å². The van der Waals surface area contributed by atoms with E-state index in [4.69, 9.17) is 5.11 Å². The highest BCUT2D eigenvalue weighted by Crippen LogP contribution is 2.08. The Morgan fingerprint density at radius 3 is 2.94 bits per heavy atom. The number of amides is 1. The van der Waals surface area contributed by atoms with E-state index in [-0.39, 0.29) is 12.5 Å². The van der Waals surface area contributed by atoms with Gasteiger partial charge in [0.1, 0.15) is 0 Å². The molecule has 1 aliphatic rings. The van der Waals surface area contributed by atoms with E-state index in [9.17, 15) is 4.79 Å². The molecule has 1 aromatic rings. The Morgan fingerprint density at radius 1 is 1.33 bits per heavy atom. The van der Waals surface area contributed by atoms with Crippen LogP contribution < -0.4 is 0 Å². The van der Waals surface area contributed by atoms with Crippen LogP contribution in [0.15, 0.2) is 24.5 Å². The standard InChI is InChI=1S/C13H19N3O2/c17-9-8-16-7-6-15(5-3-13(16)18)11-12-2-1-4-14-10-12/h1-2,4,10,17H,3,5-9,11H2. The van der Waals surface area contributed by atoms with E-state index >= 15 is 0 Å². The first-order valence-electron chi connectivity index (χ1n) is 6.29. The molecule has 0 radical (unpaired) electrons. The molecule has 2 heterocycles. The molecule has 0 atom stereocenters. The van der Waals surface area contributed by atoms with Gasteiger partial charge in [0, 0.05) is 51.5 Å². The number of β-amino-alcohol motifs (C(OH)–C–C–N with tert-alkyl or cyclic N) is 1. The molecule has 5 nitrogen and oxygen atoms in total. The van der Waals surface area contributed by atoms with Gasteiger partial charge in [-0.15, -0.1) is 0 Å². The van der Waals surface area contributed by atoms with Crippen molar-refractivity contribution in [2.75, 3.05) is 32.8 Å². The third-order valence-electron chi connectivity index (χ3n) is 3.18. The van der Waals surface area contributed by atoms with Crippen molar-refractivity contribution in [1.82, 2.24) is 14.8 Å². The molecule has 0 bridgehead atoms. The summed E-state index contributed by atoms with van der Waals surface area (Å²) in [5.41, 5.74) is 1.17. The summed E-state index contributed by atoms with van der Waals surface area (Å²) in [5.74, 6) is 0.137. The minimum atomic E-state index is 0.0361. The summed E-state index contributed by atoms with van der Waals surface area (Å²) in [4.78, 5) is 19.9. The van der Waals surface area contributed by atoms with Gasteiger partial charge in [-0.1, -0.05) is 6.07 Å². The molecule has 1 aliphatic heterocycles. The van der Waals surface area contributed by atoms with Crippen molar-refractivity contribution in [2.45, 2.75) is 13.0 Å². The number of aliphatic hydroxyl groups excluding tert-OH is 1. The number of carbonyl (C=O) groups excluding carboxylic acids is 1. The van der Waals surface area contributed by atoms with E-state index in [2.05, 4.69) is 9.88 Å². The molecule has 5 heteroatoms. The van der Waals surface area contributed by atoms with Gasteiger partial charge < -0.3 is 10.0 Å². The van der Waals surface area contributed by atoms with Crippen molar-refractivity contribution in [3.63, 3.8) is 0 Å². The van der Waals surface area contributed by atoms with Crippen LogP contribution in [0.4, 0.5) is 0 Å². The van der Waals surface area contributed by atoms with Crippen LogP contribution in [0.2, 0.25) is 0 Å². The summed E-state index contributed by atoms with van der Waals surface area (Å²) in [6, 6.07) is 3.97. The molecule has 2 rings (SSSR count). The fourth-order valence-electron chi connectivity index (χ4n) is 2.18. The first-order valence-corrected chi connectivity index (χ1v) is 6.29. The highest BCUT2D eigenvalue weighted by atomic mass is 16.3. The zero-order chi connectivity index (χ0) is 12.8. The summed E-state index contributed by atoms with van der Waals surface area (Å²) >= 11 is 0. The lowest BCUT2D eigenvalue weighted by Crippen LogP contribution is -2.35. The maximum absolute atomic E-state index is 11.8. The number of rotatable bonds is 4. The molecule has 0 aromatic carbocycles. The molecule has 1 N–H and O–H groups in total. The van der Waals surface area contributed by atoms with E-state index in [1.165, 1.54) is 5.56 Å². The maximum atomic E-state index is 11.8. The van der Waals surface area contributed by atoms with Crippen LogP contribution in [0, 0.1) is 0 Å². The van der Waals surface area contributed by atoms with Gasteiger partial charge in [0.25, 0.3) is 0 Å². The average Bonchev–Trinajstić information content (AvgIpc) is 2.56. The van der Waals surface area contributed by atoms with E-state index < -0.39 is 0 Å². The van der Waals surface area contributed by atoms with Gasteiger partial charge in [0.15, 0.2) is 0 Å². The van der Waals surface area contributed by atoms with Crippen molar-refractivity contribution >= 4 is 5.91 Å². The third-order valence-corrected chi connectivity index (χ3v) is 3.18. The van der Waals surface area contributed by atoms with Gasteiger partial charge in [-0.3, -0.25) is 14.7 Å². The monoisotopic (exact) mass is 249 g/mol. The second-order valence-electron chi connectivity index (χ2n) is 4.49. The quantitative estimate of drug-likeness (QED) is 0.823. The number of nitrogens with zero attached hydrogens (tertiary/aromatic N) is 3. The maximum Gasteiger partial charge on any atom is 0.223 e. The predicted octanol–water partition coefficient (Wildman–Crippen LogP) is 0.108. The summed E-state index contributed by atoms with van der Waals surface area (Å²) < 4.78 is 0. The lowest BCUT2D eigenvalue weighted by Gasteiger charge is -2.21. The lowest BCUT2D eigenvalue weighted by atomic mass is 10.2. The first kappa shape index (κ1) is 13.0. The van der Waals surface area contributed by atoms with Crippen molar-refractivity contribution < 1.29 is 9.90 Å². The SMILES string of the molecule is O=C1CCN(Cc2cccnc2)CCN1CCO. The van der Waals surface area contributed by atoms with Crippen molar-refractivity contribution in [3.8, 4) is 0 Å². The molecule has 0 saturated carbocycles. The number of hydrogen-bond donors (Lipinski definition) is 1. The van der Waals surface area contributed by atoms with Gasteiger partial charge >= 0.3 is 0 Å². The van der Waals surface area contributed by atoms with E-state index in [1.54, 1.807) is 11.1 Å². The summed E-state index contributed by atoms with van der Waals surface area (Å²) in [5, 5.41) is 8.91. The van der Waals surface area contributed by atoms with Gasteiger partial charge in [-0.05, 0) is 11.6 Å². The van der Waals surface area contributed by atoms with Crippen LogP contribution in [0.25, 0.3) is 0 Å². The normalized spacial score (nSPS) is 17.8. The van der Waals surface area contributed by atoms with Crippen molar-refractivity contribution in [3.05, 3.63) is 30.1 Å². The van der Waals surface area contributed by atoms with Crippen molar-refractivity contribution in [1.29, 1.82) is 0 Å². The Kier molecular flexibility index (Phi) is 4.66. The molecule has 18 heavy (non-hydrogen) atoms. The molecular formula is C13H19N3O2. The molecule has 0 unspecified atom stereocenters. The number of aromatic nitrogens is 1. The Bertz CT molecular complexity index is 383. The molecule has 1 saturated heterocycles. The summed E-state index contributed by atoms with van der Waals surface area (Å²) in [6.45, 7) is 3.62. The minimum absolute atomic E-state index is 0.0361. The second kappa shape index (κ2) is 6.47. The van der Waals surface area contributed by atoms with Crippen LogP contribution in [0.3, 0.4) is 0 Å². The molecule has 1 aromatic heterocycles. The van der Waals surface area contributed by atoms with Gasteiger partial charge in [0.05, 0.1) is 6.61 Å². The predicted molar refractivity (Wildman–Crippen MR) is 67.8 cm³/mol. The Labute approximate surface area is 107 Å². The minimum Gasteiger partial charge on any atom is -0.395 e. The Balaban J connectivity index is 1.90. The van der Waals surface area contributed by atoms with Crippen LogP contribution in [0.1, 0.15) is 12.0 Å². The van der Waals surface area contributed by atoms with Crippen LogP contribution in [-0.4, -0.2) is 58.6 Å². The smallest absolute Gasteiger partial charge is 0.223 e. The zero-order valence-electron chi connectivity index (χ0n) is 10.5. The molecule has 1 fully saturated rings. The fourth-order valence-corrected chi connectivity index (χ4v) is 2.18. The number of hydrogen-bond acceptors (Lipinski definition) is 4. The fraction of sp³-hybridized carbons (Fsp3) is 0.538. The first-order chi connectivity index (χ1) is 8.79. The molecular weight excluding hydrogens is 230 g/mol. The molecule has 0 spiro atoms. The van der Waals surface area contributed by atoms with E-state index in [0.29, 0.717) is 19.5 Å². The third kappa shape index (κ3) is 3.51. The lowest BCUT2D eigenvalue weighted by molar-refractivity contribution is -0.130. The Hall–Kier alpha value is -1.46. The number of carbonyl (C=O) groups is 1. The molecule has 1 amide bonds. The number of pyridine rings is 1. The second-order valence-corrected chi connectivity index (χ2v) is 4.49. The summed E-state index contributed by atoms with van der Waals surface area (Å²) in [6.07, 6.45) is 4.15. The van der Waals surface area contributed by atoms with Crippen LogP contribution in [0.5, 0.6) is 0 Å². The topological polar surface area (TPSA) is 56.7 Å². The highest BCUT2D eigenvalue weighted by molar-refractivity contribution is 5.76. The summed E-state index contributed by atoms with van der Waals surface area (Å²) in [7, 11) is 0. The van der Waals surface area contributed by atoms with E-state index in [0.717, 1.165) is 19.6 Å². The van der Waals surface area contributed by atoms with Gasteiger partial charge in [-0.2, -0.15) is 0 Å². The number of aliphatic hydroxyl groups is 1. The Morgan fingerprint density at radius 2 is 2.22 bits per heavy atom.